The van der Waals surface area contributed by atoms with Crippen LogP contribution in [0.4, 0.5) is 68.2 Å². The van der Waals surface area contributed by atoms with Crippen LogP contribution in [-0.4, -0.2) is 17.9 Å². The molecule has 9 heteroatoms. The third-order valence-corrected chi connectivity index (χ3v) is 21.2. The van der Waals surface area contributed by atoms with Gasteiger partial charge in [-0.25, -0.2) is 0 Å². The van der Waals surface area contributed by atoms with Crippen LogP contribution >= 0.6 is 11.7 Å². The third-order valence-electron chi connectivity index (χ3n) is 20.7. The summed E-state index contributed by atoms with van der Waals surface area (Å²) in [7, 11) is 0. The molecule has 115 heavy (non-hydrogen) atoms. The Balaban J connectivity index is 0.654. The van der Waals surface area contributed by atoms with E-state index in [-0.39, 0.29) is 0 Å². The molecule has 548 valence electrons. The lowest BCUT2D eigenvalue weighted by molar-refractivity contribution is 1.05. The Bertz CT molecular complexity index is 5820. The summed E-state index contributed by atoms with van der Waals surface area (Å²) in [6, 6.07) is 150. The monoisotopic (exact) mass is 1490 g/mol. The van der Waals surface area contributed by atoms with Crippen LogP contribution in [0, 0.1) is 0 Å². The Labute approximate surface area is 675 Å². The molecule has 18 aromatic rings. The number of hydrogen-bond donors (Lipinski definition) is 0. The summed E-state index contributed by atoms with van der Waals surface area (Å²) >= 11 is 1.23. The van der Waals surface area contributed by atoms with E-state index < -0.39 is 0 Å². The van der Waals surface area contributed by atoms with Crippen LogP contribution < -0.4 is 19.6 Å². The summed E-state index contributed by atoms with van der Waals surface area (Å²) in [4.78, 5) is 9.16. The van der Waals surface area contributed by atoms with E-state index in [4.69, 9.17) is 8.75 Å². The molecule has 3 heterocycles. The van der Waals surface area contributed by atoms with Gasteiger partial charge in [-0.1, -0.05) is 255 Å². The zero-order chi connectivity index (χ0) is 76.9. The van der Waals surface area contributed by atoms with Gasteiger partial charge in [-0.05, 0) is 252 Å². The first kappa shape index (κ1) is 71.4. The average Bonchev–Trinajstić information content (AvgIpc) is 1.70. The van der Waals surface area contributed by atoms with E-state index in [0.717, 1.165) is 158 Å². The van der Waals surface area contributed by atoms with Gasteiger partial charge in [0.1, 0.15) is 11.0 Å². The minimum atomic E-state index is 0.839. The van der Waals surface area contributed by atoms with Crippen molar-refractivity contribution in [1.82, 2.24) is 17.9 Å². The molecule has 8 nitrogen and oxygen atoms in total. The maximum Gasteiger partial charge on any atom is 0.112 e. The lowest BCUT2D eigenvalue weighted by Crippen LogP contribution is -2.09. The van der Waals surface area contributed by atoms with Gasteiger partial charge < -0.3 is 28.7 Å². The number of rotatable bonds is 24. The van der Waals surface area contributed by atoms with Crippen LogP contribution in [0.3, 0.4) is 0 Å². The maximum atomic E-state index is 4.98. The van der Waals surface area contributed by atoms with E-state index in [2.05, 4.69) is 502 Å². The molecule has 3 aromatic heterocycles. The van der Waals surface area contributed by atoms with Gasteiger partial charge >= 0.3 is 0 Å². The van der Waals surface area contributed by atoms with Crippen molar-refractivity contribution in [2.24, 2.45) is 0 Å². The van der Waals surface area contributed by atoms with Crippen LogP contribution in [-0.2, 0) is 0 Å². The smallest absolute Gasteiger partial charge is 0.112 e. The summed E-state index contributed by atoms with van der Waals surface area (Å²) in [6.45, 7) is 0. The summed E-state index contributed by atoms with van der Waals surface area (Å²) < 4.78 is 14.6. The Morgan fingerprint density at radius 2 is 0.383 bits per heavy atom. The number of para-hydroxylation sites is 8. The molecule has 0 spiro atoms. The second-order valence-corrected chi connectivity index (χ2v) is 28.5. The summed E-state index contributed by atoms with van der Waals surface area (Å²) in [5.41, 5.74) is 29.6. The average molecular weight is 1500 g/mol. The predicted octanol–water partition coefficient (Wildman–Crippen LogP) is 29.2. The van der Waals surface area contributed by atoms with E-state index in [1.807, 2.05) is 0 Å². The molecule has 15 aromatic carbocycles. The van der Waals surface area contributed by atoms with Crippen molar-refractivity contribution in [1.29, 1.82) is 0 Å². The first-order valence-electron chi connectivity index (χ1n) is 38.7. The predicted molar refractivity (Wildman–Crippen MR) is 487 cm³/mol. The largest absolute Gasteiger partial charge is 0.311 e. The highest BCUT2D eigenvalue weighted by Gasteiger charge is 2.19. The molecule has 0 aliphatic carbocycles. The van der Waals surface area contributed by atoms with E-state index in [1.165, 1.54) is 11.7 Å². The fourth-order valence-electron chi connectivity index (χ4n) is 15.0. The number of benzene rings is 15. The van der Waals surface area contributed by atoms with Crippen molar-refractivity contribution in [3.63, 3.8) is 0 Å². The van der Waals surface area contributed by atoms with E-state index in [0.29, 0.717) is 0 Å². The highest BCUT2D eigenvalue weighted by Crippen LogP contribution is 2.41. The summed E-state index contributed by atoms with van der Waals surface area (Å²) in [5.74, 6) is 0. The van der Waals surface area contributed by atoms with E-state index >= 15 is 0 Å². The molecule has 0 fully saturated rings. The molecular weight excluding hydrogens is 1420 g/mol. The number of aromatic nitrogens is 4. The standard InChI is InChI=1S/C106H78N8S/c1-9-25-87(26-10-1)109(88-27-11-2-12-28-88)95-59-41-79(42-60-95)45-63-97-75-77-103(113(97)101-69-53-83(54-70-101)81-49-65-99(66-50-81)111(91-33-17-5-18-34-91)92-35-19-6-20-36-92)73-57-85-47-48-86(106-105(85)107-115-108-106)58-74-104-78-76-98(64-46-80-43-61-96(62-44-80)110(89-29-13-3-14-30-89)90-31-15-4-16-32-90)114(104)102-71-55-84(56-72-102)82-51-67-100(68-52-82)112(93-37-21-7-22-38-93)94-39-23-8-24-40-94/h1-78H/b63-45+,64-46+,73-57+,74-58+. The van der Waals surface area contributed by atoms with Gasteiger partial charge in [0.15, 0.2) is 0 Å². The minimum absolute atomic E-state index is 0.839. The molecular formula is C106H78N8S. The number of anilines is 12. The Hall–Kier alpha value is -15.2. The SMILES string of the molecule is C(=C\c1ccc(/C=C/c2ccc(/C=C/c3ccc(/C=C/c4ccc(N(c5ccccc5)c5ccccc5)cc4)n3-c3ccc(-c4ccc(N(c5ccccc5)c5ccccc5)cc4)cc3)c3nsnc23)n1-c1ccc(-c2ccc(N(c3ccccc3)c3ccccc3)cc2)cc1)/c1ccc(N(c2ccccc2)c2ccccc2)cc1. The number of nitrogens with zero attached hydrogens (tertiary/aromatic N) is 8. The minimum Gasteiger partial charge on any atom is -0.311 e. The summed E-state index contributed by atoms with van der Waals surface area (Å²) in [5, 5.41) is 0. The number of fused-ring (bicyclic) bond motifs is 1. The normalized spacial score (nSPS) is 11.5. The Morgan fingerprint density at radius 3 is 0.617 bits per heavy atom. The van der Waals surface area contributed by atoms with Crippen molar-refractivity contribution in [2.75, 3.05) is 19.6 Å². The molecule has 0 aliphatic heterocycles. The lowest BCUT2D eigenvalue weighted by atomic mass is 10.0. The fourth-order valence-corrected chi connectivity index (χ4v) is 15.6. The molecule has 0 saturated heterocycles. The van der Waals surface area contributed by atoms with Crippen LogP contribution in [0.5, 0.6) is 0 Å². The van der Waals surface area contributed by atoms with Crippen LogP contribution in [0.2, 0.25) is 0 Å². The second-order valence-electron chi connectivity index (χ2n) is 28.0. The van der Waals surface area contributed by atoms with Gasteiger partial charge in [-0.15, -0.1) is 0 Å². The molecule has 0 bridgehead atoms. The van der Waals surface area contributed by atoms with Crippen LogP contribution in [0.25, 0.3) is 93.3 Å². The van der Waals surface area contributed by atoms with Crippen molar-refractivity contribution >= 4 is 140 Å². The van der Waals surface area contributed by atoms with E-state index in [9.17, 15) is 0 Å². The highest BCUT2D eigenvalue weighted by molar-refractivity contribution is 7.00. The maximum absolute atomic E-state index is 4.98. The van der Waals surface area contributed by atoms with Gasteiger partial charge in [0.05, 0.1) is 11.7 Å². The van der Waals surface area contributed by atoms with Crippen LogP contribution in [0.15, 0.2) is 425 Å². The van der Waals surface area contributed by atoms with Crippen molar-refractivity contribution in [3.05, 3.63) is 470 Å². The summed E-state index contributed by atoms with van der Waals surface area (Å²) in [6.07, 6.45) is 17.6. The van der Waals surface area contributed by atoms with Gasteiger partial charge in [0.25, 0.3) is 0 Å². The third kappa shape index (κ3) is 15.8. The molecule has 0 aliphatic rings. The second kappa shape index (κ2) is 33.6. The number of hydrogen-bond acceptors (Lipinski definition) is 7. The molecule has 18 rings (SSSR count). The molecule has 0 saturated carbocycles. The molecule has 0 N–H and O–H groups in total. The Morgan fingerprint density at radius 1 is 0.183 bits per heavy atom. The first-order valence-corrected chi connectivity index (χ1v) is 39.4. The van der Waals surface area contributed by atoms with Gasteiger partial charge in [-0.2, -0.15) is 8.75 Å². The van der Waals surface area contributed by atoms with Gasteiger partial charge in [-0.3, -0.25) is 0 Å². The molecule has 0 unspecified atom stereocenters. The Kier molecular flexibility index (Phi) is 20.9. The zero-order valence-electron chi connectivity index (χ0n) is 63.0. The molecule has 0 radical (unpaired) electrons. The molecule has 0 atom stereocenters. The van der Waals surface area contributed by atoms with Crippen LogP contribution in [0.1, 0.15) is 45.0 Å². The zero-order valence-corrected chi connectivity index (χ0v) is 63.8. The van der Waals surface area contributed by atoms with E-state index in [1.54, 1.807) is 0 Å². The highest BCUT2D eigenvalue weighted by atomic mass is 32.1. The fraction of sp³-hybridized carbons (Fsp3) is 0. The topological polar surface area (TPSA) is 48.6 Å². The lowest BCUT2D eigenvalue weighted by Gasteiger charge is -2.25. The first-order chi connectivity index (χ1) is 57.0. The van der Waals surface area contributed by atoms with Crippen molar-refractivity contribution in [2.45, 2.75) is 0 Å². The van der Waals surface area contributed by atoms with Crippen molar-refractivity contribution in [3.8, 4) is 33.6 Å². The quantitative estimate of drug-likeness (QED) is 0.0601. The molecule has 0 amide bonds. The van der Waals surface area contributed by atoms with Crippen molar-refractivity contribution < 1.29 is 0 Å². The van der Waals surface area contributed by atoms with Gasteiger partial charge in [0, 0.05) is 114 Å². The van der Waals surface area contributed by atoms with Gasteiger partial charge in [0.2, 0.25) is 0 Å².